The van der Waals surface area contributed by atoms with Crippen LogP contribution in [0, 0.1) is 20.8 Å². The van der Waals surface area contributed by atoms with E-state index in [-0.39, 0.29) is 6.61 Å². The zero-order valence-electron chi connectivity index (χ0n) is 21.8. The van der Waals surface area contributed by atoms with Gasteiger partial charge in [-0.05, 0) is 87.9 Å². The second-order valence-corrected chi connectivity index (χ2v) is 10.3. The highest BCUT2D eigenvalue weighted by Crippen LogP contribution is 2.34. The van der Waals surface area contributed by atoms with Gasteiger partial charge in [0.1, 0.15) is 24.0 Å². The van der Waals surface area contributed by atoms with Gasteiger partial charge in [0, 0.05) is 23.8 Å². The van der Waals surface area contributed by atoms with Crippen LogP contribution in [0.1, 0.15) is 43.0 Å². The van der Waals surface area contributed by atoms with Crippen LogP contribution in [0.5, 0.6) is 11.5 Å². The smallest absolute Gasteiger partial charge is 0.264 e. The number of carbonyl (C=O) groups excluding carboxylic acids is 1. The SMILES string of the molecule is COc1cc(C)c(OOSN(Cc2ccc3[nH]ccc3c2)[C@H](COC(C)(C)C)C(=O)NO)c(C)c1C. The molecule has 3 N–H and O–H groups in total. The minimum absolute atomic E-state index is 0.0261. The summed E-state index contributed by atoms with van der Waals surface area (Å²) >= 11 is 0.874. The highest BCUT2D eigenvalue weighted by molar-refractivity contribution is 7.92. The van der Waals surface area contributed by atoms with Crippen LogP contribution in [-0.2, 0) is 20.4 Å². The van der Waals surface area contributed by atoms with Gasteiger partial charge in [0.2, 0.25) is 0 Å². The van der Waals surface area contributed by atoms with Crippen LogP contribution in [0.4, 0.5) is 0 Å². The van der Waals surface area contributed by atoms with Crippen LogP contribution in [0.3, 0.4) is 0 Å². The van der Waals surface area contributed by atoms with E-state index in [4.69, 9.17) is 18.7 Å². The maximum Gasteiger partial charge on any atom is 0.264 e. The molecule has 1 aromatic heterocycles. The molecule has 0 spiro atoms. The molecule has 0 unspecified atom stereocenters. The molecule has 0 aliphatic carbocycles. The molecule has 9 nitrogen and oxygen atoms in total. The van der Waals surface area contributed by atoms with Gasteiger partial charge in [0.15, 0.2) is 5.75 Å². The molecule has 10 heteroatoms. The van der Waals surface area contributed by atoms with E-state index in [0.717, 1.165) is 51.1 Å². The summed E-state index contributed by atoms with van der Waals surface area (Å²) < 4.78 is 18.6. The lowest BCUT2D eigenvalue weighted by Crippen LogP contribution is -2.47. The summed E-state index contributed by atoms with van der Waals surface area (Å²) in [6.45, 7) is 11.8. The first-order valence-corrected chi connectivity index (χ1v) is 12.3. The number of amides is 1. The molecule has 3 aromatic rings. The van der Waals surface area contributed by atoms with E-state index in [1.807, 2.05) is 78.1 Å². The van der Waals surface area contributed by atoms with Crippen LogP contribution >= 0.6 is 12.2 Å². The summed E-state index contributed by atoms with van der Waals surface area (Å²) in [7, 11) is 1.63. The van der Waals surface area contributed by atoms with E-state index in [1.54, 1.807) is 16.9 Å². The van der Waals surface area contributed by atoms with Gasteiger partial charge in [0.05, 0.1) is 19.3 Å². The molecule has 0 fully saturated rings. The molecule has 0 aliphatic rings. The molecule has 196 valence electrons. The minimum Gasteiger partial charge on any atom is -0.496 e. The van der Waals surface area contributed by atoms with Gasteiger partial charge < -0.3 is 19.3 Å². The van der Waals surface area contributed by atoms with E-state index in [1.165, 1.54) is 0 Å². The van der Waals surface area contributed by atoms with Crippen LogP contribution in [0.15, 0.2) is 36.5 Å². The van der Waals surface area contributed by atoms with E-state index in [9.17, 15) is 10.0 Å². The lowest BCUT2D eigenvalue weighted by molar-refractivity contribution is -0.138. The van der Waals surface area contributed by atoms with Crippen LogP contribution in [-0.4, -0.2) is 45.8 Å². The maximum absolute atomic E-state index is 12.7. The first kappa shape index (κ1) is 27.8. The first-order valence-electron chi connectivity index (χ1n) is 11.6. The van der Waals surface area contributed by atoms with Crippen molar-refractivity contribution in [2.45, 2.75) is 59.7 Å². The number of benzene rings is 2. The number of hydrogen-bond donors (Lipinski definition) is 3. The highest BCUT2D eigenvalue weighted by Gasteiger charge is 2.30. The number of methoxy groups -OCH3 is 1. The molecule has 0 bridgehead atoms. The lowest BCUT2D eigenvalue weighted by atomic mass is 10.0. The van der Waals surface area contributed by atoms with E-state index >= 15 is 0 Å². The van der Waals surface area contributed by atoms with Gasteiger partial charge >= 0.3 is 0 Å². The summed E-state index contributed by atoms with van der Waals surface area (Å²) in [4.78, 5) is 21.6. The zero-order valence-corrected chi connectivity index (χ0v) is 22.6. The first-order chi connectivity index (χ1) is 17.0. The number of aryl methyl sites for hydroxylation is 1. The largest absolute Gasteiger partial charge is 0.496 e. The predicted molar refractivity (Wildman–Crippen MR) is 140 cm³/mol. The summed E-state index contributed by atoms with van der Waals surface area (Å²) in [5, 5.41) is 10.5. The Hall–Kier alpha value is -2.76. The van der Waals surface area contributed by atoms with Gasteiger partial charge in [-0.3, -0.25) is 10.0 Å². The van der Waals surface area contributed by atoms with Gasteiger partial charge in [-0.2, -0.15) is 0 Å². The van der Waals surface area contributed by atoms with Crippen LogP contribution < -0.4 is 15.1 Å². The fourth-order valence-corrected chi connectivity index (χ4v) is 4.35. The number of nitrogens with zero attached hydrogens (tertiary/aromatic N) is 1. The molecule has 1 heterocycles. The molecule has 2 aromatic carbocycles. The third-order valence-corrected chi connectivity index (χ3v) is 6.54. The Kier molecular flexibility index (Phi) is 9.26. The number of fused-ring (bicyclic) bond motifs is 1. The number of hydrogen-bond acceptors (Lipinski definition) is 8. The van der Waals surface area contributed by atoms with E-state index < -0.39 is 17.6 Å². The second kappa shape index (κ2) is 12.0. The number of carbonyl (C=O) groups is 1. The Morgan fingerprint density at radius 2 is 1.92 bits per heavy atom. The number of aromatic amines is 1. The Labute approximate surface area is 216 Å². The molecule has 0 radical (unpaired) electrons. The topological polar surface area (TPSA) is 105 Å². The summed E-state index contributed by atoms with van der Waals surface area (Å²) in [6.07, 6.45) is 1.87. The van der Waals surface area contributed by atoms with Gasteiger partial charge in [-0.25, -0.2) is 9.79 Å². The van der Waals surface area contributed by atoms with Crippen molar-refractivity contribution in [1.82, 2.24) is 14.8 Å². The third-order valence-electron chi connectivity index (χ3n) is 5.83. The Morgan fingerprint density at radius 3 is 2.58 bits per heavy atom. The van der Waals surface area contributed by atoms with Crippen molar-refractivity contribution in [1.29, 1.82) is 0 Å². The zero-order chi connectivity index (χ0) is 26.5. The molecule has 0 aliphatic heterocycles. The van der Waals surface area contributed by atoms with E-state index in [0.29, 0.717) is 12.3 Å². The lowest BCUT2D eigenvalue weighted by Gasteiger charge is -2.30. The maximum atomic E-state index is 12.7. The van der Waals surface area contributed by atoms with Crippen molar-refractivity contribution in [3.05, 3.63) is 58.8 Å². The van der Waals surface area contributed by atoms with Crippen molar-refractivity contribution in [2.75, 3.05) is 13.7 Å². The Bertz CT molecular complexity index is 1190. The molecule has 1 amide bonds. The normalized spacial score (nSPS) is 12.7. The Balaban J connectivity index is 1.84. The molecular formula is C26H35N3O6S. The molecular weight excluding hydrogens is 482 g/mol. The number of ether oxygens (including phenoxy) is 2. The third kappa shape index (κ3) is 6.92. The van der Waals surface area contributed by atoms with Crippen LogP contribution in [0.2, 0.25) is 0 Å². The highest BCUT2D eigenvalue weighted by atomic mass is 32.2. The minimum atomic E-state index is -0.871. The van der Waals surface area contributed by atoms with Gasteiger partial charge in [0.25, 0.3) is 5.91 Å². The number of aromatic nitrogens is 1. The van der Waals surface area contributed by atoms with Crippen LogP contribution in [0.25, 0.3) is 10.9 Å². The van der Waals surface area contributed by atoms with Crippen molar-refractivity contribution >= 4 is 29.0 Å². The quantitative estimate of drug-likeness (QED) is 0.105. The standard InChI is InChI=1S/C26H35N3O6S/c1-16-12-23(32-7)17(2)18(3)24(16)34-35-36-29(22(25(30)28-31)15-33-26(4,5)6)14-19-8-9-21-20(13-19)10-11-27-21/h8-13,22,27,31H,14-15H2,1-7H3,(H,28,30)/t22-/m1/s1. The molecule has 1 atom stereocenters. The van der Waals surface area contributed by atoms with Crippen molar-refractivity contribution < 1.29 is 28.7 Å². The second-order valence-electron chi connectivity index (χ2n) is 9.59. The fraction of sp³-hybridized carbons (Fsp3) is 0.423. The monoisotopic (exact) mass is 517 g/mol. The average molecular weight is 518 g/mol. The van der Waals surface area contributed by atoms with Gasteiger partial charge in [-0.1, -0.05) is 10.4 Å². The summed E-state index contributed by atoms with van der Waals surface area (Å²) in [6, 6.07) is 8.96. The Morgan fingerprint density at radius 1 is 1.17 bits per heavy atom. The summed E-state index contributed by atoms with van der Waals surface area (Å²) in [5.41, 5.74) is 5.90. The average Bonchev–Trinajstić information content (AvgIpc) is 3.30. The predicted octanol–water partition coefficient (Wildman–Crippen LogP) is 5.17. The van der Waals surface area contributed by atoms with Crippen molar-refractivity contribution in [2.24, 2.45) is 0 Å². The summed E-state index contributed by atoms with van der Waals surface area (Å²) in [5.74, 6) is 0.722. The number of nitrogens with one attached hydrogen (secondary N) is 2. The van der Waals surface area contributed by atoms with Crippen molar-refractivity contribution in [3.8, 4) is 11.5 Å². The van der Waals surface area contributed by atoms with Gasteiger partial charge in [-0.15, -0.1) is 0 Å². The molecule has 3 rings (SSSR count). The number of hydroxylamine groups is 1. The van der Waals surface area contributed by atoms with E-state index in [2.05, 4.69) is 4.98 Å². The fourth-order valence-electron chi connectivity index (χ4n) is 3.71. The molecule has 36 heavy (non-hydrogen) atoms. The van der Waals surface area contributed by atoms with Crippen molar-refractivity contribution in [3.63, 3.8) is 0 Å². The molecule has 0 saturated carbocycles. The molecule has 0 saturated heterocycles. The number of rotatable bonds is 11. The number of H-pyrrole nitrogens is 1.